The second kappa shape index (κ2) is 7.85. The minimum atomic E-state index is 0.182. The van der Waals surface area contributed by atoms with Crippen LogP contribution >= 0.6 is 0 Å². The SMILES string of the molecule is COc1ccc(CN[C@@H](CC(C)C)c2ccccc2)cc1O. The summed E-state index contributed by atoms with van der Waals surface area (Å²) in [4.78, 5) is 0. The number of ether oxygens (including phenoxy) is 1. The van der Waals surface area contributed by atoms with Gasteiger partial charge in [-0.3, -0.25) is 0 Å². The van der Waals surface area contributed by atoms with Gasteiger partial charge in [-0.15, -0.1) is 0 Å². The lowest BCUT2D eigenvalue weighted by molar-refractivity contribution is 0.372. The third kappa shape index (κ3) is 4.50. The fourth-order valence-corrected chi connectivity index (χ4v) is 2.58. The Balaban J connectivity index is 2.06. The van der Waals surface area contributed by atoms with Crippen molar-refractivity contribution in [1.29, 1.82) is 0 Å². The lowest BCUT2D eigenvalue weighted by Crippen LogP contribution is -2.22. The van der Waals surface area contributed by atoms with Crippen molar-refractivity contribution in [2.75, 3.05) is 7.11 Å². The van der Waals surface area contributed by atoms with Gasteiger partial charge in [0.15, 0.2) is 11.5 Å². The Morgan fingerprint density at radius 2 is 1.82 bits per heavy atom. The van der Waals surface area contributed by atoms with Crippen molar-refractivity contribution >= 4 is 0 Å². The van der Waals surface area contributed by atoms with Crippen molar-refractivity contribution in [2.45, 2.75) is 32.9 Å². The maximum atomic E-state index is 9.87. The van der Waals surface area contributed by atoms with E-state index in [9.17, 15) is 5.11 Å². The summed E-state index contributed by atoms with van der Waals surface area (Å²) in [5.74, 6) is 1.30. The van der Waals surface area contributed by atoms with Crippen LogP contribution in [0.5, 0.6) is 11.5 Å². The van der Waals surface area contributed by atoms with Crippen LogP contribution in [0, 0.1) is 5.92 Å². The predicted octanol–water partition coefficient (Wildman–Crippen LogP) is 4.28. The van der Waals surface area contributed by atoms with E-state index in [1.54, 1.807) is 19.2 Å². The van der Waals surface area contributed by atoms with Crippen molar-refractivity contribution in [3.63, 3.8) is 0 Å². The van der Waals surface area contributed by atoms with Gasteiger partial charge in [-0.05, 0) is 35.6 Å². The second-order valence-electron chi connectivity index (χ2n) is 5.98. The molecule has 2 rings (SSSR count). The zero-order valence-electron chi connectivity index (χ0n) is 13.5. The van der Waals surface area contributed by atoms with Crippen LogP contribution in [-0.2, 0) is 6.54 Å². The lowest BCUT2D eigenvalue weighted by atomic mass is 9.97. The summed E-state index contributed by atoms with van der Waals surface area (Å²) in [6, 6.07) is 16.3. The molecule has 0 saturated heterocycles. The number of benzene rings is 2. The Bertz CT molecular complexity index is 581. The average molecular weight is 299 g/mol. The number of methoxy groups -OCH3 is 1. The predicted molar refractivity (Wildman–Crippen MR) is 90.1 cm³/mol. The van der Waals surface area contributed by atoms with Crippen LogP contribution in [-0.4, -0.2) is 12.2 Å². The summed E-state index contributed by atoms with van der Waals surface area (Å²) >= 11 is 0. The molecule has 118 valence electrons. The van der Waals surface area contributed by atoms with Crippen molar-refractivity contribution in [1.82, 2.24) is 5.32 Å². The van der Waals surface area contributed by atoms with Crippen molar-refractivity contribution in [3.8, 4) is 11.5 Å². The fraction of sp³-hybridized carbons (Fsp3) is 0.368. The van der Waals surface area contributed by atoms with Gasteiger partial charge in [-0.25, -0.2) is 0 Å². The molecule has 0 amide bonds. The lowest BCUT2D eigenvalue weighted by Gasteiger charge is -2.21. The molecule has 1 atom stereocenters. The molecule has 2 aromatic carbocycles. The van der Waals surface area contributed by atoms with Crippen LogP contribution < -0.4 is 10.1 Å². The van der Waals surface area contributed by atoms with E-state index >= 15 is 0 Å². The van der Waals surface area contributed by atoms with Crippen LogP contribution in [0.4, 0.5) is 0 Å². The molecule has 3 heteroatoms. The zero-order chi connectivity index (χ0) is 15.9. The quantitative estimate of drug-likeness (QED) is 0.802. The Morgan fingerprint density at radius 1 is 1.09 bits per heavy atom. The van der Waals surface area contributed by atoms with Crippen LogP contribution in [0.25, 0.3) is 0 Å². The molecule has 0 aliphatic heterocycles. The normalized spacial score (nSPS) is 12.4. The number of hydrogen-bond acceptors (Lipinski definition) is 3. The van der Waals surface area contributed by atoms with E-state index < -0.39 is 0 Å². The van der Waals surface area contributed by atoms with Crippen LogP contribution in [0.1, 0.15) is 37.4 Å². The number of nitrogens with one attached hydrogen (secondary N) is 1. The second-order valence-corrected chi connectivity index (χ2v) is 5.98. The summed E-state index contributed by atoms with van der Waals surface area (Å²) in [6.45, 7) is 5.18. The molecule has 0 aromatic heterocycles. The van der Waals surface area contributed by atoms with Gasteiger partial charge in [0, 0.05) is 12.6 Å². The first-order valence-corrected chi connectivity index (χ1v) is 7.74. The standard InChI is InChI=1S/C19H25NO2/c1-14(2)11-17(16-7-5-4-6-8-16)20-13-15-9-10-19(22-3)18(21)12-15/h4-10,12,14,17,20-21H,11,13H2,1-3H3/t17-/m0/s1. The van der Waals surface area contributed by atoms with Crippen molar-refractivity contribution in [3.05, 3.63) is 59.7 Å². The zero-order valence-corrected chi connectivity index (χ0v) is 13.5. The average Bonchev–Trinajstić information content (AvgIpc) is 2.52. The fourth-order valence-electron chi connectivity index (χ4n) is 2.58. The molecule has 0 radical (unpaired) electrons. The number of hydrogen-bond donors (Lipinski definition) is 2. The first-order chi connectivity index (χ1) is 10.6. The monoisotopic (exact) mass is 299 g/mol. The highest BCUT2D eigenvalue weighted by molar-refractivity contribution is 5.41. The topological polar surface area (TPSA) is 41.5 Å². The summed E-state index contributed by atoms with van der Waals surface area (Å²) in [6.07, 6.45) is 1.08. The smallest absolute Gasteiger partial charge is 0.160 e. The highest BCUT2D eigenvalue weighted by Crippen LogP contribution is 2.27. The first-order valence-electron chi connectivity index (χ1n) is 7.74. The Labute approximate surface area is 133 Å². The van der Waals surface area contributed by atoms with Gasteiger partial charge in [0.05, 0.1) is 7.11 Å². The molecule has 0 aliphatic carbocycles. The van der Waals surface area contributed by atoms with Gasteiger partial charge in [0.2, 0.25) is 0 Å². The van der Waals surface area contributed by atoms with Crippen molar-refractivity contribution < 1.29 is 9.84 Å². The van der Waals surface area contributed by atoms with E-state index in [1.807, 2.05) is 12.1 Å². The third-order valence-electron chi connectivity index (χ3n) is 3.70. The molecule has 0 saturated carbocycles. The summed E-state index contributed by atoms with van der Waals surface area (Å²) < 4.78 is 5.08. The molecular formula is C19H25NO2. The Kier molecular flexibility index (Phi) is 5.84. The van der Waals surface area contributed by atoms with Gasteiger partial charge in [-0.1, -0.05) is 50.2 Å². The molecule has 0 spiro atoms. The first kappa shape index (κ1) is 16.4. The van der Waals surface area contributed by atoms with E-state index in [0.29, 0.717) is 24.3 Å². The summed E-state index contributed by atoms with van der Waals surface area (Å²) in [5.41, 5.74) is 2.34. The number of rotatable bonds is 7. The van der Waals surface area contributed by atoms with Gasteiger partial charge in [-0.2, -0.15) is 0 Å². The molecular weight excluding hydrogens is 274 g/mol. The highest BCUT2D eigenvalue weighted by Gasteiger charge is 2.13. The van der Waals surface area contributed by atoms with Gasteiger partial charge in [0.25, 0.3) is 0 Å². The molecule has 0 fully saturated rings. The molecule has 2 N–H and O–H groups in total. The molecule has 2 aromatic rings. The molecule has 0 unspecified atom stereocenters. The maximum Gasteiger partial charge on any atom is 0.160 e. The number of aromatic hydroxyl groups is 1. The molecule has 0 aliphatic rings. The van der Waals surface area contributed by atoms with Crippen molar-refractivity contribution in [2.24, 2.45) is 5.92 Å². The summed E-state index contributed by atoms with van der Waals surface area (Å²) in [5, 5.41) is 13.5. The van der Waals surface area contributed by atoms with E-state index in [4.69, 9.17) is 4.74 Å². The van der Waals surface area contributed by atoms with Gasteiger partial charge >= 0.3 is 0 Å². The molecule has 0 heterocycles. The van der Waals surface area contributed by atoms with E-state index in [1.165, 1.54) is 5.56 Å². The van der Waals surface area contributed by atoms with Crippen LogP contribution in [0.3, 0.4) is 0 Å². The van der Waals surface area contributed by atoms with E-state index in [-0.39, 0.29) is 5.75 Å². The van der Waals surface area contributed by atoms with Gasteiger partial charge < -0.3 is 15.2 Å². The minimum Gasteiger partial charge on any atom is -0.504 e. The Hall–Kier alpha value is -2.00. The maximum absolute atomic E-state index is 9.87. The third-order valence-corrected chi connectivity index (χ3v) is 3.70. The Morgan fingerprint density at radius 3 is 2.41 bits per heavy atom. The minimum absolute atomic E-state index is 0.182. The largest absolute Gasteiger partial charge is 0.504 e. The summed E-state index contributed by atoms with van der Waals surface area (Å²) in [7, 11) is 1.56. The number of phenolic OH excluding ortho intramolecular Hbond substituents is 1. The van der Waals surface area contributed by atoms with Gasteiger partial charge in [0.1, 0.15) is 0 Å². The van der Waals surface area contributed by atoms with E-state index in [0.717, 1.165) is 12.0 Å². The van der Waals surface area contributed by atoms with Crippen LogP contribution in [0.2, 0.25) is 0 Å². The molecule has 22 heavy (non-hydrogen) atoms. The molecule has 3 nitrogen and oxygen atoms in total. The van der Waals surface area contributed by atoms with Crippen LogP contribution in [0.15, 0.2) is 48.5 Å². The highest BCUT2D eigenvalue weighted by atomic mass is 16.5. The number of phenols is 1. The molecule has 0 bridgehead atoms. The van der Waals surface area contributed by atoms with E-state index in [2.05, 4.69) is 43.4 Å².